The van der Waals surface area contributed by atoms with E-state index in [1.807, 2.05) is 0 Å². The minimum absolute atomic E-state index is 0.722. The molecule has 0 fully saturated rings. The summed E-state index contributed by atoms with van der Waals surface area (Å²) in [7, 11) is 0. The maximum atomic E-state index is 9.14. The van der Waals surface area contributed by atoms with Crippen molar-refractivity contribution >= 4 is 5.97 Å². The van der Waals surface area contributed by atoms with E-state index >= 15 is 0 Å². The van der Waals surface area contributed by atoms with Crippen LogP contribution in [0.1, 0.15) is 0 Å². The van der Waals surface area contributed by atoms with Crippen LogP contribution in [-0.4, -0.2) is 5.97 Å². The molecule has 0 amide bonds. The van der Waals surface area contributed by atoms with E-state index in [0.29, 0.717) is 0 Å². The largest absolute Gasteiger partial charge is 0.545 e. The van der Waals surface area contributed by atoms with Crippen molar-refractivity contribution in [2.45, 2.75) is 0 Å². The van der Waals surface area contributed by atoms with E-state index in [9.17, 15) is 0 Å². The van der Waals surface area contributed by atoms with Gasteiger partial charge in [-0.25, -0.2) is 0 Å². The lowest BCUT2D eigenvalue weighted by Gasteiger charge is -1.81. The highest BCUT2D eigenvalue weighted by atomic mass is 16.4. The molecule has 0 aromatic carbocycles. The molecule has 0 aromatic rings. The number of hydrogen-bond acceptors (Lipinski definition) is 2. The zero-order chi connectivity index (χ0) is 7.70. The minimum atomic E-state index is -1.23. The summed E-state index contributed by atoms with van der Waals surface area (Å²) >= 11 is 0. The van der Waals surface area contributed by atoms with Gasteiger partial charge in [-0.2, -0.15) is 0 Å². The number of aliphatic carboxylic acids is 1. The average Bonchev–Trinajstić information content (AvgIpc) is 1.89. The molecule has 0 aliphatic carbocycles. The van der Waals surface area contributed by atoms with Crippen molar-refractivity contribution in [1.29, 1.82) is 0 Å². The number of hydrogen-bond donors (Lipinski definition) is 0. The van der Waals surface area contributed by atoms with Crippen LogP contribution in [0.25, 0.3) is 0 Å². The van der Waals surface area contributed by atoms with Crippen LogP contribution in [0.15, 0.2) is 38.0 Å². The molecule has 0 unspecified atom stereocenters. The third kappa shape index (κ3) is 51.5. The molecular weight excluding hydrogens is 116 g/mol. The van der Waals surface area contributed by atoms with E-state index in [2.05, 4.69) is 19.7 Å². The maximum absolute atomic E-state index is 9.14. The topological polar surface area (TPSA) is 40.1 Å². The monoisotopic (exact) mass is 125 g/mol. The summed E-state index contributed by atoms with van der Waals surface area (Å²) < 4.78 is 0. The van der Waals surface area contributed by atoms with Crippen molar-refractivity contribution in [2.24, 2.45) is 0 Å². The van der Waals surface area contributed by atoms with Gasteiger partial charge in [0.2, 0.25) is 0 Å². The molecule has 0 rings (SSSR count). The first-order valence-electron chi connectivity index (χ1n) is 2.26. The molecule has 0 N–H and O–H groups in total. The van der Waals surface area contributed by atoms with E-state index < -0.39 is 5.97 Å². The summed E-state index contributed by atoms with van der Waals surface area (Å²) in [5.74, 6) is -1.23. The fourth-order valence-electron chi connectivity index (χ4n) is 0. The molecule has 0 aromatic heterocycles. The van der Waals surface area contributed by atoms with Crippen molar-refractivity contribution in [1.82, 2.24) is 0 Å². The summed E-state index contributed by atoms with van der Waals surface area (Å²) in [6.07, 6.45) is 4.00. The van der Waals surface area contributed by atoms with Gasteiger partial charge in [0, 0.05) is 0 Å². The standard InChI is InChI=1S/C4H6.C3H4O2/c1-3-4-2;1-2-3(4)5/h3-4H,1-2H2;2H,1H2,(H,4,5)/p-1. The van der Waals surface area contributed by atoms with Gasteiger partial charge in [0.15, 0.2) is 0 Å². The van der Waals surface area contributed by atoms with Gasteiger partial charge in [-0.05, 0) is 6.08 Å². The van der Waals surface area contributed by atoms with E-state index in [1.54, 1.807) is 12.2 Å². The predicted octanol–water partition coefficient (Wildman–Crippen LogP) is 0.281. The fraction of sp³-hybridized carbons (Fsp3) is 0. The third-order valence-corrected chi connectivity index (χ3v) is 0.333. The van der Waals surface area contributed by atoms with Crippen LogP contribution in [-0.2, 0) is 4.79 Å². The highest BCUT2D eigenvalue weighted by molar-refractivity contribution is 5.76. The molecule has 0 radical (unpaired) electrons. The van der Waals surface area contributed by atoms with E-state index in [1.165, 1.54) is 0 Å². The minimum Gasteiger partial charge on any atom is -0.545 e. The molecule has 2 nitrogen and oxygen atoms in total. The van der Waals surface area contributed by atoms with Crippen LogP contribution in [0, 0.1) is 0 Å². The van der Waals surface area contributed by atoms with Gasteiger partial charge in [0.1, 0.15) is 0 Å². The first kappa shape index (κ1) is 10.6. The molecule has 0 bridgehead atoms. The normalized spacial score (nSPS) is 5.78. The van der Waals surface area contributed by atoms with Crippen LogP contribution in [0.4, 0.5) is 0 Å². The molecule has 0 aliphatic heterocycles. The maximum Gasteiger partial charge on any atom is 0.0636 e. The zero-order valence-electron chi connectivity index (χ0n) is 5.17. The van der Waals surface area contributed by atoms with Crippen LogP contribution < -0.4 is 5.11 Å². The smallest absolute Gasteiger partial charge is 0.0636 e. The molecular formula is C7H9O2-. The second kappa shape index (κ2) is 9.85. The Bertz CT molecular complexity index is 108. The van der Waals surface area contributed by atoms with Crippen molar-refractivity contribution in [3.05, 3.63) is 38.0 Å². The number of carboxylic acids is 1. The van der Waals surface area contributed by atoms with Gasteiger partial charge in [0.05, 0.1) is 5.97 Å². The first-order valence-corrected chi connectivity index (χ1v) is 2.26. The van der Waals surface area contributed by atoms with Crippen LogP contribution in [0.5, 0.6) is 0 Å². The molecule has 0 saturated carbocycles. The summed E-state index contributed by atoms with van der Waals surface area (Å²) in [5, 5.41) is 9.14. The molecule has 0 saturated heterocycles. The zero-order valence-corrected chi connectivity index (χ0v) is 5.17. The van der Waals surface area contributed by atoms with Gasteiger partial charge in [-0.1, -0.05) is 31.9 Å². The summed E-state index contributed by atoms with van der Waals surface area (Å²) in [5.41, 5.74) is 0. The Balaban J connectivity index is 0. The van der Waals surface area contributed by atoms with E-state index in [-0.39, 0.29) is 0 Å². The van der Waals surface area contributed by atoms with Crippen molar-refractivity contribution in [3.63, 3.8) is 0 Å². The van der Waals surface area contributed by atoms with Gasteiger partial charge in [0.25, 0.3) is 0 Å². The molecule has 2 heteroatoms. The molecule has 0 spiro atoms. The number of carbonyl (C=O) groups excluding carboxylic acids is 1. The highest BCUT2D eigenvalue weighted by Gasteiger charge is 1.55. The van der Waals surface area contributed by atoms with Crippen LogP contribution >= 0.6 is 0 Å². The van der Waals surface area contributed by atoms with Crippen molar-refractivity contribution in [2.75, 3.05) is 0 Å². The molecule has 0 aliphatic rings. The van der Waals surface area contributed by atoms with Crippen LogP contribution in [0.3, 0.4) is 0 Å². The first-order chi connectivity index (χ1) is 4.18. The Morgan fingerprint density at radius 3 is 1.44 bits per heavy atom. The second-order valence-electron chi connectivity index (χ2n) is 0.995. The van der Waals surface area contributed by atoms with Gasteiger partial charge < -0.3 is 9.90 Å². The summed E-state index contributed by atoms with van der Waals surface area (Å²) in [6.45, 7) is 9.62. The Morgan fingerprint density at radius 1 is 1.22 bits per heavy atom. The Labute approximate surface area is 54.8 Å². The summed E-state index contributed by atoms with van der Waals surface area (Å²) in [6, 6.07) is 0. The third-order valence-electron chi connectivity index (χ3n) is 0.333. The Kier molecular flexibility index (Phi) is 11.6. The lowest BCUT2D eigenvalue weighted by molar-refractivity contribution is -0.297. The Morgan fingerprint density at radius 2 is 1.44 bits per heavy atom. The number of carboxylic acid groups (broad SMARTS) is 1. The molecule has 0 atom stereocenters. The average molecular weight is 125 g/mol. The summed E-state index contributed by atoms with van der Waals surface area (Å²) in [4.78, 5) is 9.14. The highest BCUT2D eigenvalue weighted by Crippen LogP contribution is 1.52. The number of rotatable bonds is 2. The van der Waals surface area contributed by atoms with Crippen molar-refractivity contribution < 1.29 is 9.90 Å². The predicted molar refractivity (Wildman–Crippen MR) is 35.6 cm³/mol. The van der Waals surface area contributed by atoms with E-state index in [0.717, 1.165) is 6.08 Å². The fourth-order valence-corrected chi connectivity index (χ4v) is 0. The molecule has 50 valence electrons. The van der Waals surface area contributed by atoms with Gasteiger partial charge in [-0.15, -0.1) is 0 Å². The van der Waals surface area contributed by atoms with Crippen molar-refractivity contribution in [3.8, 4) is 0 Å². The van der Waals surface area contributed by atoms with Crippen LogP contribution in [0.2, 0.25) is 0 Å². The van der Waals surface area contributed by atoms with Gasteiger partial charge in [-0.3, -0.25) is 0 Å². The second-order valence-corrected chi connectivity index (χ2v) is 0.995. The quantitative estimate of drug-likeness (QED) is 0.393. The molecule has 0 heterocycles. The Hall–Kier alpha value is -1.31. The number of allylic oxidation sites excluding steroid dienone is 2. The van der Waals surface area contributed by atoms with E-state index in [4.69, 9.17) is 9.90 Å². The lowest BCUT2D eigenvalue weighted by atomic mass is 10.6. The number of carbonyl (C=O) groups is 1. The SMILES string of the molecule is C=CC(=O)[O-].C=CC=C. The van der Waals surface area contributed by atoms with Gasteiger partial charge >= 0.3 is 0 Å². The molecule has 9 heavy (non-hydrogen) atoms. The lowest BCUT2D eigenvalue weighted by Crippen LogP contribution is -2.17.